The molecule has 0 unspecified atom stereocenters. The Bertz CT molecular complexity index is 1530. The van der Waals surface area contributed by atoms with Gasteiger partial charge < -0.3 is 5.32 Å². The SMILES string of the molecule is O=C(NCc1ccccc1)c1c(-c2ccccc2)nc(Cc2ccccc2)c(=O)n1Cc1ccccc1. The second kappa shape index (κ2) is 11.3. The van der Waals surface area contributed by atoms with Crippen LogP contribution in [0.15, 0.2) is 126 Å². The average molecular weight is 486 g/mol. The predicted octanol–water partition coefficient (Wildman–Crippen LogP) is 5.48. The normalized spacial score (nSPS) is 10.7. The second-order valence-electron chi connectivity index (χ2n) is 8.83. The van der Waals surface area contributed by atoms with E-state index in [-0.39, 0.29) is 23.7 Å². The molecular formula is C32H27N3O2. The van der Waals surface area contributed by atoms with E-state index in [1.807, 2.05) is 121 Å². The lowest BCUT2D eigenvalue weighted by Crippen LogP contribution is -2.36. The van der Waals surface area contributed by atoms with Gasteiger partial charge in [0.05, 0.1) is 6.54 Å². The van der Waals surface area contributed by atoms with Crippen LogP contribution in [0, 0.1) is 0 Å². The van der Waals surface area contributed by atoms with Gasteiger partial charge in [-0.2, -0.15) is 0 Å². The molecule has 0 aliphatic heterocycles. The number of aromatic nitrogens is 2. The molecule has 5 rings (SSSR count). The van der Waals surface area contributed by atoms with Gasteiger partial charge in [0.1, 0.15) is 17.1 Å². The zero-order chi connectivity index (χ0) is 25.5. The first-order chi connectivity index (χ1) is 18.2. The zero-order valence-corrected chi connectivity index (χ0v) is 20.4. The molecule has 1 aromatic heterocycles. The summed E-state index contributed by atoms with van der Waals surface area (Å²) in [6.45, 7) is 0.608. The van der Waals surface area contributed by atoms with Crippen molar-refractivity contribution in [3.05, 3.63) is 160 Å². The van der Waals surface area contributed by atoms with E-state index < -0.39 is 0 Å². The number of rotatable bonds is 8. The van der Waals surface area contributed by atoms with Crippen LogP contribution < -0.4 is 10.9 Å². The maximum Gasteiger partial charge on any atom is 0.273 e. The Morgan fingerprint density at radius 1 is 0.676 bits per heavy atom. The summed E-state index contributed by atoms with van der Waals surface area (Å²) in [5, 5.41) is 3.01. The minimum absolute atomic E-state index is 0.257. The van der Waals surface area contributed by atoms with Gasteiger partial charge in [0, 0.05) is 18.5 Å². The van der Waals surface area contributed by atoms with E-state index in [0.29, 0.717) is 24.4 Å². The Morgan fingerprint density at radius 3 is 1.78 bits per heavy atom. The highest BCUT2D eigenvalue weighted by Gasteiger charge is 2.23. The highest BCUT2D eigenvalue weighted by Crippen LogP contribution is 2.23. The molecule has 1 amide bonds. The molecular weight excluding hydrogens is 458 g/mol. The van der Waals surface area contributed by atoms with Crippen LogP contribution in [-0.4, -0.2) is 15.5 Å². The van der Waals surface area contributed by atoms with Crippen molar-refractivity contribution in [2.45, 2.75) is 19.5 Å². The molecule has 0 aliphatic rings. The Kier molecular flexibility index (Phi) is 7.32. The van der Waals surface area contributed by atoms with Gasteiger partial charge in [-0.1, -0.05) is 121 Å². The lowest BCUT2D eigenvalue weighted by atomic mass is 10.1. The van der Waals surface area contributed by atoms with Gasteiger partial charge in [-0.15, -0.1) is 0 Å². The number of carbonyl (C=O) groups excluding carboxylic acids is 1. The molecule has 5 aromatic rings. The van der Waals surface area contributed by atoms with Crippen molar-refractivity contribution in [3.8, 4) is 11.3 Å². The third kappa shape index (κ3) is 5.73. The van der Waals surface area contributed by atoms with Gasteiger partial charge in [-0.05, 0) is 16.7 Å². The summed E-state index contributed by atoms with van der Waals surface area (Å²) in [5.74, 6) is -0.338. The summed E-state index contributed by atoms with van der Waals surface area (Å²) in [6.07, 6.45) is 0.375. The Balaban J connectivity index is 1.66. The fourth-order valence-electron chi connectivity index (χ4n) is 4.33. The smallest absolute Gasteiger partial charge is 0.273 e. The highest BCUT2D eigenvalue weighted by atomic mass is 16.2. The molecule has 0 fully saturated rings. The van der Waals surface area contributed by atoms with Gasteiger partial charge in [0.25, 0.3) is 11.5 Å². The van der Waals surface area contributed by atoms with Crippen molar-refractivity contribution in [2.24, 2.45) is 0 Å². The molecule has 0 bridgehead atoms. The molecule has 182 valence electrons. The van der Waals surface area contributed by atoms with Crippen LogP contribution in [0.2, 0.25) is 0 Å². The van der Waals surface area contributed by atoms with Gasteiger partial charge >= 0.3 is 0 Å². The monoisotopic (exact) mass is 485 g/mol. The number of carbonyl (C=O) groups is 1. The molecule has 37 heavy (non-hydrogen) atoms. The Morgan fingerprint density at radius 2 is 1.19 bits per heavy atom. The van der Waals surface area contributed by atoms with Crippen LogP contribution in [0.5, 0.6) is 0 Å². The Labute approximate surface area is 216 Å². The molecule has 0 radical (unpaired) electrons. The molecule has 5 nitrogen and oxygen atoms in total. The predicted molar refractivity (Wildman–Crippen MR) is 146 cm³/mol. The van der Waals surface area contributed by atoms with Gasteiger partial charge in [-0.3, -0.25) is 14.2 Å². The molecule has 1 N–H and O–H groups in total. The summed E-state index contributed by atoms with van der Waals surface area (Å²) in [4.78, 5) is 32.4. The maximum atomic E-state index is 13.9. The maximum absolute atomic E-state index is 13.9. The minimum Gasteiger partial charge on any atom is -0.347 e. The third-order valence-corrected chi connectivity index (χ3v) is 6.19. The Hall–Kier alpha value is -4.77. The summed E-state index contributed by atoms with van der Waals surface area (Å²) in [5.41, 5.74) is 4.56. The van der Waals surface area contributed by atoms with E-state index in [9.17, 15) is 9.59 Å². The average Bonchev–Trinajstić information content (AvgIpc) is 2.96. The van der Waals surface area contributed by atoms with Gasteiger partial charge in [0.15, 0.2) is 0 Å². The molecule has 1 heterocycles. The van der Waals surface area contributed by atoms with E-state index in [1.165, 1.54) is 0 Å². The molecule has 0 saturated heterocycles. The fourth-order valence-corrected chi connectivity index (χ4v) is 4.33. The van der Waals surface area contributed by atoms with E-state index in [0.717, 1.165) is 22.3 Å². The van der Waals surface area contributed by atoms with Gasteiger partial charge in [0.2, 0.25) is 0 Å². The largest absolute Gasteiger partial charge is 0.347 e. The van der Waals surface area contributed by atoms with Crippen molar-refractivity contribution in [1.82, 2.24) is 14.9 Å². The summed E-state index contributed by atoms with van der Waals surface area (Å²) in [6, 6.07) is 38.8. The van der Waals surface area contributed by atoms with Gasteiger partial charge in [-0.25, -0.2) is 4.98 Å². The quantitative estimate of drug-likeness (QED) is 0.317. The summed E-state index contributed by atoms with van der Waals surface area (Å²) < 4.78 is 1.57. The first kappa shape index (κ1) is 23.9. The number of hydrogen-bond donors (Lipinski definition) is 1. The van der Waals surface area contributed by atoms with Crippen LogP contribution in [0.1, 0.15) is 32.9 Å². The van der Waals surface area contributed by atoms with Crippen molar-refractivity contribution in [2.75, 3.05) is 0 Å². The van der Waals surface area contributed by atoms with Crippen molar-refractivity contribution in [1.29, 1.82) is 0 Å². The second-order valence-corrected chi connectivity index (χ2v) is 8.83. The minimum atomic E-state index is -0.338. The van der Waals surface area contributed by atoms with E-state index >= 15 is 0 Å². The van der Waals surface area contributed by atoms with Crippen LogP contribution >= 0.6 is 0 Å². The summed E-state index contributed by atoms with van der Waals surface area (Å²) in [7, 11) is 0. The van der Waals surface area contributed by atoms with Crippen molar-refractivity contribution >= 4 is 5.91 Å². The van der Waals surface area contributed by atoms with Crippen LogP contribution in [0.3, 0.4) is 0 Å². The lowest BCUT2D eigenvalue weighted by Gasteiger charge is -2.19. The first-order valence-electron chi connectivity index (χ1n) is 12.3. The van der Waals surface area contributed by atoms with E-state index in [4.69, 9.17) is 4.98 Å². The number of hydrogen-bond acceptors (Lipinski definition) is 3. The van der Waals surface area contributed by atoms with E-state index in [1.54, 1.807) is 4.57 Å². The molecule has 0 aliphatic carbocycles. The molecule has 5 heteroatoms. The zero-order valence-electron chi connectivity index (χ0n) is 20.4. The van der Waals surface area contributed by atoms with Crippen LogP contribution in [0.25, 0.3) is 11.3 Å². The van der Waals surface area contributed by atoms with Crippen LogP contribution in [0.4, 0.5) is 0 Å². The number of benzene rings is 4. The third-order valence-electron chi connectivity index (χ3n) is 6.19. The van der Waals surface area contributed by atoms with E-state index in [2.05, 4.69) is 5.32 Å². The molecule has 0 atom stereocenters. The summed E-state index contributed by atoms with van der Waals surface area (Å²) >= 11 is 0. The van der Waals surface area contributed by atoms with Crippen molar-refractivity contribution in [3.63, 3.8) is 0 Å². The molecule has 0 saturated carbocycles. The number of amides is 1. The fraction of sp³-hybridized carbons (Fsp3) is 0.0938. The number of nitrogens with one attached hydrogen (secondary N) is 1. The first-order valence-corrected chi connectivity index (χ1v) is 12.3. The molecule has 0 spiro atoms. The number of nitrogens with zero attached hydrogens (tertiary/aromatic N) is 2. The van der Waals surface area contributed by atoms with Crippen LogP contribution in [-0.2, 0) is 19.5 Å². The van der Waals surface area contributed by atoms with Crippen molar-refractivity contribution < 1.29 is 4.79 Å². The standard InChI is InChI=1S/C32H27N3O2/c36-31(33-22-25-15-7-2-8-16-25)30-29(27-19-11-4-12-20-27)34-28(21-24-13-5-1-6-14-24)32(37)35(30)23-26-17-9-3-10-18-26/h1-20H,21-23H2,(H,33,36). The topological polar surface area (TPSA) is 64.0 Å². The highest BCUT2D eigenvalue weighted by molar-refractivity contribution is 5.98. The molecule has 4 aromatic carbocycles. The lowest BCUT2D eigenvalue weighted by molar-refractivity contribution is 0.0941.